The fourth-order valence-corrected chi connectivity index (χ4v) is 1.72. The lowest BCUT2D eigenvalue weighted by atomic mass is 10.0. The van der Waals surface area contributed by atoms with Gasteiger partial charge in [0.2, 0.25) is 0 Å². The molecule has 0 aliphatic heterocycles. The second-order valence-corrected chi connectivity index (χ2v) is 4.10. The highest BCUT2D eigenvalue weighted by atomic mass is 14.0. The van der Waals surface area contributed by atoms with Crippen LogP contribution >= 0.6 is 0 Å². The monoisotopic (exact) mass is 202 g/mol. The molecule has 1 aromatic rings. The zero-order valence-electron chi connectivity index (χ0n) is 9.84. The molecule has 0 amide bonds. The predicted molar refractivity (Wildman–Crippen MR) is 68.2 cm³/mol. The van der Waals surface area contributed by atoms with E-state index in [0.717, 1.165) is 12.8 Å². The zero-order valence-corrected chi connectivity index (χ0v) is 9.84. The molecule has 0 saturated heterocycles. The number of hydrogen-bond donors (Lipinski definition) is 0. The largest absolute Gasteiger partial charge is 0.103 e. The smallest absolute Gasteiger partial charge is 0.0244 e. The Labute approximate surface area is 94.0 Å². The van der Waals surface area contributed by atoms with Crippen LogP contribution in [0.2, 0.25) is 0 Å². The summed E-state index contributed by atoms with van der Waals surface area (Å²) < 4.78 is 0. The number of hydrogen-bond acceptors (Lipinski definition) is 0. The third kappa shape index (κ3) is 4.83. The third-order valence-electron chi connectivity index (χ3n) is 2.73. The Hall–Kier alpha value is -1.04. The predicted octanol–water partition coefficient (Wildman–Crippen LogP) is 4.54. The molecule has 0 radical (unpaired) electrons. The summed E-state index contributed by atoms with van der Waals surface area (Å²) in [6.45, 7) is 5.99. The van der Waals surface area contributed by atoms with Crippen molar-refractivity contribution in [1.29, 1.82) is 0 Å². The molecule has 0 aliphatic rings. The first-order valence-corrected chi connectivity index (χ1v) is 6.05. The van der Waals surface area contributed by atoms with E-state index in [1.165, 1.54) is 36.8 Å². The van der Waals surface area contributed by atoms with E-state index in [9.17, 15) is 0 Å². The van der Waals surface area contributed by atoms with Crippen molar-refractivity contribution in [3.05, 3.63) is 48.0 Å². The number of benzene rings is 1. The van der Waals surface area contributed by atoms with Crippen LogP contribution in [0.25, 0.3) is 0 Å². The molecule has 82 valence electrons. The van der Waals surface area contributed by atoms with E-state index in [4.69, 9.17) is 0 Å². The minimum Gasteiger partial charge on any atom is -0.103 e. The topological polar surface area (TPSA) is 0 Å². The highest BCUT2D eigenvalue weighted by Gasteiger charge is 1.94. The average Bonchev–Trinajstić information content (AvgIpc) is 2.28. The van der Waals surface area contributed by atoms with E-state index in [-0.39, 0.29) is 0 Å². The first kappa shape index (κ1) is 12.0. The fourth-order valence-electron chi connectivity index (χ4n) is 1.72. The molecular weight excluding hydrogens is 180 g/mol. The Morgan fingerprint density at radius 1 is 1.00 bits per heavy atom. The SMILES string of the molecule is C=CCCc1ccc(CCCCC)cc1. The van der Waals surface area contributed by atoms with Crippen LogP contribution < -0.4 is 0 Å². The Kier molecular flexibility index (Phi) is 5.84. The van der Waals surface area contributed by atoms with Crippen molar-refractivity contribution in [2.75, 3.05) is 0 Å². The second-order valence-electron chi connectivity index (χ2n) is 4.10. The fraction of sp³-hybridized carbons (Fsp3) is 0.467. The Morgan fingerprint density at radius 2 is 1.60 bits per heavy atom. The maximum atomic E-state index is 3.74. The van der Waals surface area contributed by atoms with Crippen LogP contribution in [0.3, 0.4) is 0 Å². The van der Waals surface area contributed by atoms with Crippen LogP contribution in [-0.2, 0) is 12.8 Å². The summed E-state index contributed by atoms with van der Waals surface area (Å²) >= 11 is 0. The van der Waals surface area contributed by atoms with E-state index in [0.29, 0.717) is 0 Å². The van der Waals surface area contributed by atoms with Gasteiger partial charge in [0.1, 0.15) is 0 Å². The second kappa shape index (κ2) is 7.28. The van der Waals surface area contributed by atoms with E-state index in [1.807, 2.05) is 6.08 Å². The molecule has 0 heteroatoms. The molecule has 0 saturated carbocycles. The van der Waals surface area contributed by atoms with Crippen molar-refractivity contribution in [2.45, 2.75) is 45.4 Å². The highest BCUT2D eigenvalue weighted by Crippen LogP contribution is 2.10. The van der Waals surface area contributed by atoms with Gasteiger partial charge in [0, 0.05) is 0 Å². The lowest BCUT2D eigenvalue weighted by molar-refractivity contribution is 0.717. The van der Waals surface area contributed by atoms with Gasteiger partial charge in [0.15, 0.2) is 0 Å². The molecule has 0 heterocycles. The summed E-state index contributed by atoms with van der Waals surface area (Å²) in [6, 6.07) is 9.05. The van der Waals surface area contributed by atoms with Crippen molar-refractivity contribution in [1.82, 2.24) is 0 Å². The average molecular weight is 202 g/mol. The van der Waals surface area contributed by atoms with Gasteiger partial charge in [-0.2, -0.15) is 0 Å². The number of aryl methyl sites for hydroxylation is 2. The van der Waals surface area contributed by atoms with Gasteiger partial charge < -0.3 is 0 Å². The summed E-state index contributed by atoms with van der Waals surface area (Å²) in [7, 11) is 0. The number of allylic oxidation sites excluding steroid dienone is 1. The van der Waals surface area contributed by atoms with Crippen molar-refractivity contribution in [3.8, 4) is 0 Å². The molecule has 1 aromatic carbocycles. The van der Waals surface area contributed by atoms with Gasteiger partial charge in [-0.15, -0.1) is 6.58 Å². The Morgan fingerprint density at radius 3 is 2.13 bits per heavy atom. The normalized spacial score (nSPS) is 10.2. The summed E-state index contributed by atoms with van der Waals surface area (Å²) in [5.41, 5.74) is 2.90. The van der Waals surface area contributed by atoms with Crippen LogP contribution in [-0.4, -0.2) is 0 Å². The van der Waals surface area contributed by atoms with E-state index >= 15 is 0 Å². The van der Waals surface area contributed by atoms with Gasteiger partial charge in [0.05, 0.1) is 0 Å². The van der Waals surface area contributed by atoms with Crippen LogP contribution in [0.5, 0.6) is 0 Å². The summed E-state index contributed by atoms with van der Waals surface area (Å²) in [5.74, 6) is 0. The van der Waals surface area contributed by atoms with Crippen molar-refractivity contribution >= 4 is 0 Å². The number of unbranched alkanes of at least 4 members (excludes halogenated alkanes) is 2. The lowest BCUT2D eigenvalue weighted by Gasteiger charge is -2.03. The van der Waals surface area contributed by atoms with Gasteiger partial charge in [-0.3, -0.25) is 0 Å². The first-order chi connectivity index (χ1) is 7.36. The molecule has 0 atom stereocenters. The van der Waals surface area contributed by atoms with Gasteiger partial charge in [-0.05, 0) is 36.8 Å². The Bertz CT molecular complexity index is 269. The molecule has 0 N–H and O–H groups in total. The lowest BCUT2D eigenvalue weighted by Crippen LogP contribution is -1.88. The quantitative estimate of drug-likeness (QED) is 0.450. The van der Waals surface area contributed by atoms with Crippen LogP contribution in [0, 0.1) is 0 Å². The molecule has 0 unspecified atom stereocenters. The van der Waals surface area contributed by atoms with E-state index in [2.05, 4.69) is 37.8 Å². The maximum absolute atomic E-state index is 3.74. The third-order valence-corrected chi connectivity index (χ3v) is 2.73. The van der Waals surface area contributed by atoms with Crippen LogP contribution in [0.15, 0.2) is 36.9 Å². The van der Waals surface area contributed by atoms with Crippen molar-refractivity contribution in [2.24, 2.45) is 0 Å². The van der Waals surface area contributed by atoms with Crippen molar-refractivity contribution in [3.63, 3.8) is 0 Å². The summed E-state index contributed by atoms with van der Waals surface area (Å²) in [4.78, 5) is 0. The molecule has 0 spiro atoms. The van der Waals surface area contributed by atoms with Crippen LogP contribution in [0.1, 0.15) is 43.7 Å². The van der Waals surface area contributed by atoms with Crippen molar-refractivity contribution < 1.29 is 0 Å². The maximum Gasteiger partial charge on any atom is -0.0244 e. The van der Waals surface area contributed by atoms with E-state index in [1.54, 1.807) is 0 Å². The van der Waals surface area contributed by atoms with E-state index < -0.39 is 0 Å². The molecule has 15 heavy (non-hydrogen) atoms. The molecule has 0 aromatic heterocycles. The first-order valence-electron chi connectivity index (χ1n) is 6.05. The molecular formula is C15H22. The Balaban J connectivity index is 2.38. The highest BCUT2D eigenvalue weighted by molar-refractivity contribution is 5.22. The summed E-state index contributed by atoms with van der Waals surface area (Å²) in [6.07, 6.45) is 9.39. The minimum atomic E-state index is 1.08. The van der Waals surface area contributed by atoms with Gasteiger partial charge >= 0.3 is 0 Å². The zero-order chi connectivity index (χ0) is 10.9. The van der Waals surface area contributed by atoms with Crippen LogP contribution in [0.4, 0.5) is 0 Å². The molecule has 0 fully saturated rings. The molecule has 0 bridgehead atoms. The molecule has 1 rings (SSSR count). The van der Waals surface area contributed by atoms with Gasteiger partial charge in [-0.1, -0.05) is 50.1 Å². The summed E-state index contributed by atoms with van der Waals surface area (Å²) in [5, 5.41) is 0. The number of rotatable bonds is 7. The minimum absolute atomic E-state index is 1.08. The standard InChI is InChI=1S/C15H22/c1-3-5-7-9-15-12-10-14(11-13-15)8-6-4-2/h4,10-13H,2-3,5-9H2,1H3. The van der Waals surface area contributed by atoms with Gasteiger partial charge in [0.25, 0.3) is 0 Å². The van der Waals surface area contributed by atoms with Gasteiger partial charge in [-0.25, -0.2) is 0 Å². The molecule has 0 nitrogen and oxygen atoms in total. The molecule has 0 aliphatic carbocycles.